The SMILES string of the molecule is CC(C)[C@H](C)N(C[C@H]1CNC(=O)O1)c1ccc(N2CCOCC2=O)cc1. The number of nitrogens with zero attached hydrogens (tertiary/aromatic N) is 2. The first-order valence-electron chi connectivity index (χ1n) is 9.15. The first-order chi connectivity index (χ1) is 12.5. The van der Waals surface area contributed by atoms with Gasteiger partial charge in [0.15, 0.2) is 0 Å². The molecule has 1 N–H and O–H groups in total. The summed E-state index contributed by atoms with van der Waals surface area (Å²) in [4.78, 5) is 27.4. The van der Waals surface area contributed by atoms with Crippen LogP contribution in [0.1, 0.15) is 20.8 Å². The van der Waals surface area contributed by atoms with E-state index in [1.807, 2.05) is 24.3 Å². The minimum Gasteiger partial charge on any atom is -0.442 e. The van der Waals surface area contributed by atoms with Crippen LogP contribution in [0.5, 0.6) is 0 Å². The van der Waals surface area contributed by atoms with Crippen molar-refractivity contribution in [2.24, 2.45) is 5.92 Å². The highest BCUT2D eigenvalue weighted by Crippen LogP contribution is 2.26. The fourth-order valence-electron chi connectivity index (χ4n) is 3.23. The van der Waals surface area contributed by atoms with Crippen LogP contribution in [0.2, 0.25) is 0 Å². The van der Waals surface area contributed by atoms with Crippen LogP contribution in [-0.2, 0) is 14.3 Å². The molecule has 2 amide bonds. The van der Waals surface area contributed by atoms with Crippen LogP contribution in [0.4, 0.5) is 16.2 Å². The Hall–Kier alpha value is -2.28. The monoisotopic (exact) mass is 361 g/mol. The summed E-state index contributed by atoms with van der Waals surface area (Å²) in [5.41, 5.74) is 1.94. The summed E-state index contributed by atoms with van der Waals surface area (Å²) < 4.78 is 10.5. The minimum absolute atomic E-state index is 0.0136. The van der Waals surface area contributed by atoms with Gasteiger partial charge in [-0.25, -0.2) is 4.79 Å². The molecule has 0 aliphatic carbocycles. The summed E-state index contributed by atoms with van der Waals surface area (Å²) in [6, 6.07) is 8.28. The molecular weight excluding hydrogens is 334 g/mol. The van der Waals surface area contributed by atoms with Crippen LogP contribution < -0.4 is 15.1 Å². The van der Waals surface area contributed by atoms with Crippen LogP contribution in [0, 0.1) is 5.92 Å². The van der Waals surface area contributed by atoms with Gasteiger partial charge in [-0.1, -0.05) is 13.8 Å². The van der Waals surface area contributed by atoms with E-state index in [-0.39, 0.29) is 30.8 Å². The van der Waals surface area contributed by atoms with Gasteiger partial charge in [-0.15, -0.1) is 0 Å². The second-order valence-corrected chi connectivity index (χ2v) is 7.16. The molecule has 2 saturated heterocycles. The standard InChI is InChI=1S/C19H27N3O4/c1-13(2)14(3)22(11-17-10-20-19(24)26-17)16-6-4-15(5-7-16)21-8-9-25-12-18(21)23/h4-7,13-14,17H,8-12H2,1-3H3,(H,20,24)/t14-,17+/m0/s1. The molecule has 7 heteroatoms. The van der Waals surface area contributed by atoms with Crippen molar-refractivity contribution in [2.75, 3.05) is 42.6 Å². The number of hydrogen-bond acceptors (Lipinski definition) is 5. The normalized spacial score (nSPS) is 21.5. The van der Waals surface area contributed by atoms with Gasteiger partial charge in [0.1, 0.15) is 12.7 Å². The van der Waals surface area contributed by atoms with Crippen LogP contribution >= 0.6 is 0 Å². The van der Waals surface area contributed by atoms with Crippen molar-refractivity contribution < 1.29 is 19.1 Å². The van der Waals surface area contributed by atoms with Gasteiger partial charge >= 0.3 is 6.09 Å². The molecule has 2 aliphatic heterocycles. The van der Waals surface area contributed by atoms with Crippen molar-refractivity contribution in [1.82, 2.24) is 5.32 Å². The zero-order valence-corrected chi connectivity index (χ0v) is 15.6. The van der Waals surface area contributed by atoms with E-state index >= 15 is 0 Å². The van der Waals surface area contributed by atoms with Crippen molar-refractivity contribution in [3.63, 3.8) is 0 Å². The third-order valence-corrected chi connectivity index (χ3v) is 5.08. The van der Waals surface area contributed by atoms with Crippen molar-refractivity contribution in [3.05, 3.63) is 24.3 Å². The Kier molecular flexibility index (Phi) is 5.66. The topological polar surface area (TPSA) is 71.1 Å². The highest BCUT2D eigenvalue weighted by molar-refractivity contribution is 5.95. The van der Waals surface area contributed by atoms with E-state index < -0.39 is 0 Å². The zero-order chi connectivity index (χ0) is 18.7. The van der Waals surface area contributed by atoms with Gasteiger partial charge in [0.2, 0.25) is 0 Å². The molecule has 0 radical (unpaired) electrons. The van der Waals surface area contributed by atoms with E-state index in [9.17, 15) is 9.59 Å². The molecule has 0 bridgehead atoms. The molecule has 1 aromatic rings. The maximum absolute atomic E-state index is 12.0. The molecule has 3 rings (SSSR count). The first-order valence-corrected chi connectivity index (χ1v) is 9.15. The van der Waals surface area contributed by atoms with Gasteiger partial charge in [-0.3, -0.25) is 4.79 Å². The summed E-state index contributed by atoms with van der Waals surface area (Å²) in [7, 11) is 0. The molecule has 0 spiro atoms. The van der Waals surface area contributed by atoms with Gasteiger partial charge < -0.3 is 24.6 Å². The lowest BCUT2D eigenvalue weighted by atomic mass is 10.0. The summed E-state index contributed by atoms with van der Waals surface area (Å²) in [6.45, 7) is 8.97. The Morgan fingerprint density at radius 3 is 2.54 bits per heavy atom. The number of hydrogen-bond donors (Lipinski definition) is 1. The predicted octanol–water partition coefficient (Wildman–Crippen LogP) is 2.01. The zero-order valence-electron chi connectivity index (χ0n) is 15.6. The van der Waals surface area contributed by atoms with Crippen molar-refractivity contribution in [1.29, 1.82) is 0 Å². The lowest BCUT2D eigenvalue weighted by Crippen LogP contribution is -2.43. The van der Waals surface area contributed by atoms with Crippen molar-refractivity contribution >= 4 is 23.4 Å². The van der Waals surface area contributed by atoms with Gasteiger partial charge in [0, 0.05) is 24.0 Å². The maximum Gasteiger partial charge on any atom is 0.407 e. The van der Waals surface area contributed by atoms with E-state index in [4.69, 9.17) is 9.47 Å². The smallest absolute Gasteiger partial charge is 0.407 e. The summed E-state index contributed by atoms with van der Waals surface area (Å²) in [6.07, 6.45) is -0.516. The number of rotatable bonds is 6. The third kappa shape index (κ3) is 4.09. The highest BCUT2D eigenvalue weighted by atomic mass is 16.6. The number of cyclic esters (lactones) is 1. The molecule has 26 heavy (non-hydrogen) atoms. The molecular formula is C19H27N3O4. The number of carbonyl (C=O) groups excluding carboxylic acids is 2. The number of anilines is 2. The highest BCUT2D eigenvalue weighted by Gasteiger charge is 2.28. The maximum atomic E-state index is 12.0. The number of morpholine rings is 1. The van der Waals surface area contributed by atoms with E-state index in [0.717, 1.165) is 11.4 Å². The Labute approximate surface area is 154 Å². The molecule has 2 fully saturated rings. The largest absolute Gasteiger partial charge is 0.442 e. The summed E-state index contributed by atoms with van der Waals surface area (Å²) >= 11 is 0. The second kappa shape index (κ2) is 7.95. The average Bonchev–Trinajstić information content (AvgIpc) is 3.05. The number of alkyl carbamates (subject to hydrolysis) is 1. The Balaban J connectivity index is 1.77. The molecule has 0 unspecified atom stereocenters. The Morgan fingerprint density at radius 2 is 1.96 bits per heavy atom. The predicted molar refractivity (Wildman–Crippen MR) is 99.5 cm³/mol. The average molecular weight is 361 g/mol. The van der Waals surface area contributed by atoms with E-state index in [0.29, 0.717) is 32.2 Å². The quantitative estimate of drug-likeness (QED) is 0.839. The first kappa shape index (κ1) is 18.5. The molecule has 2 heterocycles. The van der Waals surface area contributed by atoms with Gasteiger partial charge in [0.25, 0.3) is 5.91 Å². The molecule has 1 aromatic carbocycles. The molecule has 142 valence electrons. The van der Waals surface area contributed by atoms with Crippen LogP contribution in [0.3, 0.4) is 0 Å². The number of nitrogens with one attached hydrogen (secondary N) is 1. The lowest BCUT2D eigenvalue weighted by molar-refractivity contribution is -0.125. The summed E-state index contributed by atoms with van der Waals surface area (Å²) in [5.74, 6) is 0.431. The number of carbonyl (C=O) groups is 2. The fraction of sp³-hybridized carbons (Fsp3) is 0.579. The number of ether oxygens (including phenoxy) is 2. The van der Waals surface area contributed by atoms with E-state index in [1.54, 1.807) is 4.90 Å². The van der Waals surface area contributed by atoms with E-state index in [2.05, 4.69) is 31.0 Å². The Morgan fingerprint density at radius 1 is 1.23 bits per heavy atom. The second-order valence-electron chi connectivity index (χ2n) is 7.16. The number of benzene rings is 1. The van der Waals surface area contributed by atoms with Gasteiger partial charge in [0.05, 0.1) is 19.7 Å². The molecule has 7 nitrogen and oxygen atoms in total. The molecule has 2 atom stereocenters. The van der Waals surface area contributed by atoms with Crippen LogP contribution in [-0.4, -0.2) is 57.0 Å². The van der Waals surface area contributed by atoms with Crippen molar-refractivity contribution in [3.8, 4) is 0 Å². The summed E-state index contributed by atoms with van der Waals surface area (Å²) in [5, 5.41) is 2.71. The Bertz CT molecular complexity index is 647. The number of amides is 2. The minimum atomic E-state index is -0.353. The lowest BCUT2D eigenvalue weighted by Gasteiger charge is -2.35. The van der Waals surface area contributed by atoms with Crippen LogP contribution in [0.15, 0.2) is 24.3 Å². The third-order valence-electron chi connectivity index (χ3n) is 5.08. The van der Waals surface area contributed by atoms with Gasteiger partial charge in [-0.05, 0) is 37.1 Å². The molecule has 2 aliphatic rings. The van der Waals surface area contributed by atoms with Gasteiger partial charge in [-0.2, -0.15) is 0 Å². The molecule has 0 aromatic heterocycles. The van der Waals surface area contributed by atoms with Crippen molar-refractivity contribution in [2.45, 2.75) is 32.9 Å². The molecule has 0 saturated carbocycles. The van der Waals surface area contributed by atoms with Crippen LogP contribution in [0.25, 0.3) is 0 Å². The fourth-order valence-corrected chi connectivity index (χ4v) is 3.23. The van der Waals surface area contributed by atoms with E-state index in [1.165, 1.54) is 0 Å².